The molecule has 1 aliphatic heterocycles. The molecule has 1 saturated heterocycles. The number of carbonyl (C=O) groups is 2. The lowest BCUT2D eigenvalue weighted by Gasteiger charge is -2.25. The first-order valence-corrected chi connectivity index (χ1v) is 9.01. The summed E-state index contributed by atoms with van der Waals surface area (Å²) in [5, 5.41) is 4.51. The van der Waals surface area contributed by atoms with E-state index in [1.807, 2.05) is 55.8 Å². The van der Waals surface area contributed by atoms with E-state index in [4.69, 9.17) is 0 Å². The molecule has 1 unspecified atom stereocenters. The van der Waals surface area contributed by atoms with Gasteiger partial charge >= 0.3 is 0 Å². The second kappa shape index (κ2) is 7.32. The fourth-order valence-corrected chi connectivity index (χ4v) is 3.43. The predicted molar refractivity (Wildman–Crippen MR) is 99.9 cm³/mol. The van der Waals surface area contributed by atoms with Gasteiger partial charge in [-0.3, -0.25) is 9.59 Å². The Kier molecular flexibility index (Phi) is 5.11. The van der Waals surface area contributed by atoms with Crippen molar-refractivity contribution in [3.63, 3.8) is 0 Å². The van der Waals surface area contributed by atoms with Crippen molar-refractivity contribution < 1.29 is 9.59 Å². The molecule has 0 bridgehead atoms. The first-order chi connectivity index (χ1) is 12.3. The summed E-state index contributed by atoms with van der Waals surface area (Å²) in [5.41, 5.74) is 4.07. The van der Waals surface area contributed by atoms with Crippen LogP contribution in [0.5, 0.6) is 0 Å². The number of carbonyl (C=O) groups excluding carboxylic acids is 2. The van der Waals surface area contributed by atoms with Crippen LogP contribution in [0.15, 0.2) is 30.3 Å². The number of aryl methyl sites for hydroxylation is 2. The molecule has 0 aliphatic carbocycles. The number of nitrogens with zero attached hydrogens (tertiary/aromatic N) is 4. The molecule has 26 heavy (non-hydrogen) atoms. The Morgan fingerprint density at radius 3 is 2.69 bits per heavy atom. The van der Waals surface area contributed by atoms with Crippen LogP contribution in [0.4, 0.5) is 0 Å². The Labute approximate surface area is 154 Å². The SMILES string of the molecule is Cc1cc(C)n(-c2cccc(CN(C)C(=O)CN3C(=O)CCC3C)c2)n1. The van der Waals surface area contributed by atoms with E-state index in [0.717, 1.165) is 29.1 Å². The molecule has 0 spiro atoms. The normalized spacial score (nSPS) is 17.0. The molecule has 3 rings (SSSR count). The summed E-state index contributed by atoms with van der Waals surface area (Å²) < 4.78 is 1.91. The van der Waals surface area contributed by atoms with E-state index in [9.17, 15) is 9.59 Å². The van der Waals surface area contributed by atoms with Crippen molar-refractivity contribution in [3.05, 3.63) is 47.3 Å². The zero-order valence-electron chi connectivity index (χ0n) is 15.9. The average Bonchev–Trinajstić information content (AvgIpc) is 3.10. The van der Waals surface area contributed by atoms with E-state index >= 15 is 0 Å². The second-order valence-corrected chi connectivity index (χ2v) is 7.17. The largest absolute Gasteiger partial charge is 0.340 e. The van der Waals surface area contributed by atoms with E-state index in [2.05, 4.69) is 5.10 Å². The maximum Gasteiger partial charge on any atom is 0.242 e. The Morgan fingerprint density at radius 2 is 2.08 bits per heavy atom. The summed E-state index contributed by atoms with van der Waals surface area (Å²) in [6.45, 7) is 6.66. The highest BCUT2D eigenvalue weighted by Gasteiger charge is 2.29. The minimum absolute atomic E-state index is 0.0383. The number of hydrogen-bond donors (Lipinski definition) is 0. The lowest BCUT2D eigenvalue weighted by molar-refractivity contribution is -0.138. The molecular weight excluding hydrogens is 328 g/mol. The van der Waals surface area contributed by atoms with E-state index in [1.54, 1.807) is 16.8 Å². The van der Waals surface area contributed by atoms with E-state index in [-0.39, 0.29) is 24.4 Å². The average molecular weight is 354 g/mol. The predicted octanol–water partition coefficient (Wildman–Crippen LogP) is 2.46. The maximum absolute atomic E-state index is 12.5. The quantitative estimate of drug-likeness (QED) is 0.829. The van der Waals surface area contributed by atoms with Gasteiger partial charge in [-0.25, -0.2) is 4.68 Å². The van der Waals surface area contributed by atoms with Crippen LogP contribution in [-0.2, 0) is 16.1 Å². The Morgan fingerprint density at radius 1 is 1.31 bits per heavy atom. The number of likely N-dealkylation sites (N-methyl/N-ethyl adjacent to an activating group) is 1. The first-order valence-electron chi connectivity index (χ1n) is 9.01. The van der Waals surface area contributed by atoms with E-state index in [0.29, 0.717) is 13.0 Å². The first kappa shape index (κ1) is 18.2. The highest BCUT2D eigenvalue weighted by molar-refractivity contribution is 5.86. The Hall–Kier alpha value is -2.63. The molecule has 0 saturated carbocycles. The number of aromatic nitrogens is 2. The summed E-state index contributed by atoms with van der Waals surface area (Å²) >= 11 is 0. The third-order valence-electron chi connectivity index (χ3n) is 4.94. The standard InChI is InChI=1S/C20H26N4O2/c1-14-10-16(3)24(21-14)18-7-5-6-17(11-18)12-22(4)20(26)13-23-15(2)8-9-19(23)25/h5-7,10-11,15H,8-9,12-13H2,1-4H3. The molecule has 138 valence electrons. The van der Waals surface area contributed by atoms with Crippen molar-refractivity contribution in [1.82, 2.24) is 19.6 Å². The summed E-state index contributed by atoms with van der Waals surface area (Å²) in [7, 11) is 1.78. The molecule has 1 aromatic carbocycles. The molecule has 1 fully saturated rings. The molecule has 1 aromatic heterocycles. The van der Waals surface area contributed by atoms with Crippen molar-refractivity contribution in [1.29, 1.82) is 0 Å². The van der Waals surface area contributed by atoms with Crippen LogP contribution in [0.25, 0.3) is 5.69 Å². The summed E-state index contributed by atoms with van der Waals surface area (Å²) in [4.78, 5) is 27.8. The van der Waals surface area contributed by atoms with Crippen LogP contribution >= 0.6 is 0 Å². The zero-order valence-corrected chi connectivity index (χ0v) is 15.9. The van der Waals surface area contributed by atoms with Gasteiger partial charge in [0.25, 0.3) is 0 Å². The summed E-state index contributed by atoms with van der Waals surface area (Å²) in [6.07, 6.45) is 1.38. The van der Waals surface area contributed by atoms with Crippen molar-refractivity contribution in [2.45, 2.75) is 46.2 Å². The van der Waals surface area contributed by atoms with Crippen LogP contribution < -0.4 is 0 Å². The van der Waals surface area contributed by atoms with Gasteiger partial charge in [0.05, 0.1) is 17.9 Å². The lowest BCUT2D eigenvalue weighted by atomic mass is 10.2. The molecule has 2 amide bonds. The molecule has 6 nitrogen and oxygen atoms in total. The van der Waals surface area contributed by atoms with Crippen molar-refractivity contribution in [2.24, 2.45) is 0 Å². The van der Waals surface area contributed by atoms with Crippen LogP contribution in [0.3, 0.4) is 0 Å². The fraction of sp³-hybridized carbons (Fsp3) is 0.450. The molecule has 0 radical (unpaired) electrons. The number of likely N-dealkylation sites (tertiary alicyclic amines) is 1. The highest BCUT2D eigenvalue weighted by atomic mass is 16.2. The van der Waals surface area contributed by atoms with Crippen LogP contribution in [0.2, 0.25) is 0 Å². The number of benzene rings is 1. The molecule has 6 heteroatoms. The molecule has 1 aliphatic rings. The van der Waals surface area contributed by atoms with Gasteiger partial charge in [0.15, 0.2) is 0 Å². The van der Waals surface area contributed by atoms with Gasteiger partial charge in [0.2, 0.25) is 11.8 Å². The number of amides is 2. The monoisotopic (exact) mass is 354 g/mol. The van der Waals surface area contributed by atoms with Crippen molar-refractivity contribution in [2.75, 3.05) is 13.6 Å². The van der Waals surface area contributed by atoms with E-state index < -0.39 is 0 Å². The Bertz CT molecular complexity index is 827. The van der Waals surface area contributed by atoms with Gasteiger partial charge in [-0.05, 0) is 51.0 Å². The van der Waals surface area contributed by atoms with Crippen molar-refractivity contribution >= 4 is 11.8 Å². The van der Waals surface area contributed by atoms with Gasteiger partial charge in [0.1, 0.15) is 0 Å². The Balaban J connectivity index is 1.68. The maximum atomic E-state index is 12.5. The minimum atomic E-state index is -0.0383. The van der Waals surface area contributed by atoms with Crippen LogP contribution in [-0.4, -0.2) is 51.0 Å². The summed E-state index contributed by atoms with van der Waals surface area (Å²) in [5.74, 6) is 0.0365. The van der Waals surface area contributed by atoms with Crippen molar-refractivity contribution in [3.8, 4) is 5.69 Å². The zero-order chi connectivity index (χ0) is 18.8. The number of rotatable bonds is 5. The molecule has 1 atom stereocenters. The molecule has 2 heterocycles. The molecular formula is C20H26N4O2. The third-order valence-corrected chi connectivity index (χ3v) is 4.94. The fourth-order valence-electron chi connectivity index (χ4n) is 3.43. The topological polar surface area (TPSA) is 58.4 Å². The van der Waals surface area contributed by atoms with Gasteiger partial charge in [-0.1, -0.05) is 12.1 Å². The molecule has 2 aromatic rings. The van der Waals surface area contributed by atoms with Crippen LogP contribution in [0.1, 0.15) is 36.7 Å². The van der Waals surface area contributed by atoms with Crippen LogP contribution in [0, 0.1) is 13.8 Å². The van der Waals surface area contributed by atoms with Gasteiger partial charge in [-0.15, -0.1) is 0 Å². The molecule has 0 N–H and O–H groups in total. The second-order valence-electron chi connectivity index (χ2n) is 7.17. The van der Waals surface area contributed by atoms with E-state index in [1.165, 1.54) is 0 Å². The summed E-state index contributed by atoms with van der Waals surface area (Å²) in [6, 6.07) is 10.2. The smallest absolute Gasteiger partial charge is 0.242 e. The lowest BCUT2D eigenvalue weighted by Crippen LogP contribution is -2.41. The highest BCUT2D eigenvalue weighted by Crippen LogP contribution is 2.18. The minimum Gasteiger partial charge on any atom is -0.340 e. The third kappa shape index (κ3) is 3.79. The van der Waals surface area contributed by atoms with Gasteiger partial charge < -0.3 is 9.80 Å². The van der Waals surface area contributed by atoms with Gasteiger partial charge in [-0.2, -0.15) is 5.10 Å². The van der Waals surface area contributed by atoms with Gasteiger partial charge in [0, 0.05) is 31.7 Å². The number of hydrogen-bond acceptors (Lipinski definition) is 3.